The number of aliphatic hydroxyl groups is 1. The molecule has 0 radical (unpaired) electrons. The molecule has 32 heavy (non-hydrogen) atoms. The van der Waals surface area contributed by atoms with Crippen LogP contribution in [0.1, 0.15) is 28.2 Å². The number of hydrogen-bond donors (Lipinski definition) is 2. The van der Waals surface area contributed by atoms with Crippen molar-refractivity contribution in [2.24, 2.45) is 0 Å². The van der Waals surface area contributed by atoms with E-state index in [0.29, 0.717) is 22.4 Å². The van der Waals surface area contributed by atoms with Gasteiger partial charge in [-0.05, 0) is 59.4 Å². The lowest BCUT2D eigenvalue weighted by Crippen LogP contribution is -2.15. The molecule has 2 N–H and O–H groups in total. The molecule has 0 saturated heterocycles. The molecule has 4 nitrogen and oxygen atoms in total. The van der Waals surface area contributed by atoms with Crippen LogP contribution in [-0.2, 0) is 12.8 Å². The number of nitrogens with zero attached hydrogens (tertiary/aromatic N) is 2. The third-order valence-corrected chi connectivity index (χ3v) is 6.58. The third-order valence-electron chi connectivity index (χ3n) is 5.84. The molecule has 1 aliphatic carbocycles. The maximum absolute atomic E-state index is 9.09. The summed E-state index contributed by atoms with van der Waals surface area (Å²) in [6, 6.07) is 22.1. The summed E-state index contributed by atoms with van der Waals surface area (Å²) in [7, 11) is 0. The minimum absolute atomic E-state index is 0.142. The second-order valence-electron chi connectivity index (χ2n) is 7.88. The number of hydrogen-bond acceptors (Lipinski definition) is 4. The van der Waals surface area contributed by atoms with Crippen LogP contribution in [0.25, 0.3) is 11.3 Å². The molecule has 1 heterocycles. The number of benzene rings is 3. The Hall–Kier alpha value is -2.92. The molecule has 0 saturated carbocycles. The van der Waals surface area contributed by atoms with Crippen LogP contribution in [0.5, 0.6) is 0 Å². The van der Waals surface area contributed by atoms with Crippen molar-refractivity contribution >= 4 is 34.8 Å². The van der Waals surface area contributed by atoms with Crippen molar-refractivity contribution in [3.05, 3.63) is 105 Å². The molecule has 5 rings (SSSR count). The minimum atomic E-state index is 0.142. The predicted molar refractivity (Wildman–Crippen MR) is 130 cm³/mol. The van der Waals surface area contributed by atoms with Crippen molar-refractivity contribution in [1.29, 1.82) is 0 Å². The SMILES string of the molecule is OCCc1ccc(Nc2ncc3c(n2)-c2ccccc2[C@@H](c2ccc(Cl)c(Cl)c2)C3)cc1. The standard InChI is InChI=1S/C26H21Cl2N3O/c27-23-10-7-17(14-24(23)28)22-13-18-15-29-26(30-19-8-5-16(6-9-19)11-12-32)31-25(18)21-4-2-1-3-20(21)22/h1-10,14-15,22,32H,11-13H2,(H,29,30,31)/t22-/m1/s1. The first-order valence-electron chi connectivity index (χ1n) is 10.5. The number of aliphatic hydroxyl groups excluding tert-OH is 1. The Balaban J connectivity index is 1.48. The van der Waals surface area contributed by atoms with Gasteiger partial charge in [0, 0.05) is 30.0 Å². The van der Waals surface area contributed by atoms with Gasteiger partial charge in [0.15, 0.2) is 0 Å². The predicted octanol–water partition coefficient (Wildman–Crippen LogP) is 6.42. The molecule has 0 amide bonds. The Kier molecular flexibility index (Phi) is 5.83. The minimum Gasteiger partial charge on any atom is -0.396 e. The molecule has 0 aliphatic heterocycles. The quantitative estimate of drug-likeness (QED) is 0.360. The average molecular weight is 462 g/mol. The van der Waals surface area contributed by atoms with E-state index in [-0.39, 0.29) is 12.5 Å². The highest BCUT2D eigenvalue weighted by Gasteiger charge is 2.27. The van der Waals surface area contributed by atoms with Gasteiger partial charge in [-0.15, -0.1) is 0 Å². The summed E-state index contributed by atoms with van der Waals surface area (Å²) in [5.41, 5.74) is 7.50. The van der Waals surface area contributed by atoms with Crippen molar-refractivity contribution < 1.29 is 5.11 Å². The zero-order valence-electron chi connectivity index (χ0n) is 17.2. The molecule has 0 unspecified atom stereocenters. The number of fused-ring (bicyclic) bond motifs is 3. The van der Waals surface area contributed by atoms with E-state index in [9.17, 15) is 0 Å². The first-order valence-corrected chi connectivity index (χ1v) is 11.2. The highest BCUT2D eigenvalue weighted by Crippen LogP contribution is 2.42. The summed E-state index contributed by atoms with van der Waals surface area (Å²) < 4.78 is 0. The summed E-state index contributed by atoms with van der Waals surface area (Å²) in [5.74, 6) is 0.719. The Morgan fingerprint density at radius 2 is 1.78 bits per heavy atom. The van der Waals surface area contributed by atoms with Crippen LogP contribution in [-0.4, -0.2) is 21.7 Å². The molecule has 1 atom stereocenters. The number of halogens is 2. The largest absolute Gasteiger partial charge is 0.396 e. The lowest BCUT2D eigenvalue weighted by Gasteiger charge is -2.27. The number of rotatable bonds is 5. The molecule has 6 heteroatoms. The molecule has 1 aliphatic rings. The van der Waals surface area contributed by atoms with Gasteiger partial charge >= 0.3 is 0 Å². The molecule has 4 aromatic rings. The zero-order chi connectivity index (χ0) is 22.1. The Bertz CT molecular complexity index is 1270. The van der Waals surface area contributed by atoms with E-state index in [1.54, 1.807) is 0 Å². The third kappa shape index (κ3) is 4.09. The highest BCUT2D eigenvalue weighted by molar-refractivity contribution is 6.42. The van der Waals surface area contributed by atoms with E-state index in [4.69, 9.17) is 33.3 Å². The van der Waals surface area contributed by atoms with E-state index in [1.807, 2.05) is 54.7 Å². The molecule has 1 aromatic heterocycles. The lowest BCUT2D eigenvalue weighted by atomic mass is 9.78. The monoisotopic (exact) mass is 461 g/mol. The molecule has 3 aromatic carbocycles. The van der Waals surface area contributed by atoms with Crippen LogP contribution in [0.4, 0.5) is 11.6 Å². The van der Waals surface area contributed by atoms with Crippen molar-refractivity contribution in [2.45, 2.75) is 18.8 Å². The van der Waals surface area contributed by atoms with Crippen molar-refractivity contribution in [2.75, 3.05) is 11.9 Å². The Labute approximate surface area is 196 Å². The van der Waals surface area contributed by atoms with E-state index in [2.05, 4.69) is 28.5 Å². The topological polar surface area (TPSA) is 58.0 Å². The Morgan fingerprint density at radius 3 is 2.56 bits per heavy atom. The molecular formula is C26H21Cl2N3O. The van der Waals surface area contributed by atoms with E-state index in [1.165, 1.54) is 5.56 Å². The second kappa shape index (κ2) is 8.91. The van der Waals surface area contributed by atoms with Crippen LogP contribution >= 0.6 is 23.2 Å². The summed E-state index contributed by atoms with van der Waals surface area (Å²) in [5, 5.41) is 13.5. The summed E-state index contributed by atoms with van der Waals surface area (Å²) in [6.45, 7) is 0.142. The molecule has 0 bridgehead atoms. The van der Waals surface area contributed by atoms with Gasteiger partial charge in [0.05, 0.1) is 15.7 Å². The molecule has 160 valence electrons. The lowest BCUT2D eigenvalue weighted by molar-refractivity contribution is 0.299. The normalized spacial score (nSPS) is 14.5. The Morgan fingerprint density at radius 1 is 0.969 bits per heavy atom. The van der Waals surface area contributed by atoms with Crippen molar-refractivity contribution in [1.82, 2.24) is 9.97 Å². The second-order valence-corrected chi connectivity index (χ2v) is 8.69. The van der Waals surface area contributed by atoms with Gasteiger partial charge in [0.1, 0.15) is 0 Å². The summed E-state index contributed by atoms with van der Waals surface area (Å²) in [4.78, 5) is 9.43. The fourth-order valence-electron chi connectivity index (χ4n) is 4.24. The fourth-order valence-corrected chi connectivity index (χ4v) is 4.54. The van der Waals surface area contributed by atoms with Crippen LogP contribution in [0.15, 0.2) is 72.9 Å². The highest BCUT2D eigenvalue weighted by atomic mass is 35.5. The smallest absolute Gasteiger partial charge is 0.227 e. The van der Waals surface area contributed by atoms with Gasteiger partial charge in [-0.2, -0.15) is 0 Å². The van der Waals surface area contributed by atoms with Crippen molar-refractivity contribution in [3.63, 3.8) is 0 Å². The zero-order valence-corrected chi connectivity index (χ0v) is 18.7. The van der Waals surface area contributed by atoms with E-state index >= 15 is 0 Å². The van der Waals surface area contributed by atoms with Crippen LogP contribution in [0, 0.1) is 0 Å². The first-order chi connectivity index (χ1) is 15.6. The van der Waals surface area contributed by atoms with Gasteiger partial charge in [-0.25, -0.2) is 9.97 Å². The van der Waals surface area contributed by atoms with Crippen LogP contribution in [0.3, 0.4) is 0 Å². The number of aromatic nitrogens is 2. The maximum atomic E-state index is 9.09. The van der Waals surface area contributed by atoms with Gasteiger partial charge in [-0.3, -0.25) is 0 Å². The van der Waals surface area contributed by atoms with E-state index < -0.39 is 0 Å². The fraction of sp³-hybridized carbons (Fsp3) is 0.154. The first kappa shape index (κ1) is 21.0. The summed E-state index contributed by atoms with van der Waals surface area (Å²) >= 11 is 12.4. The van der Waals surface area contributed by atoms with Gasteiger partial charge in [-0.1, -0.05) is 65.7 Å². The average Bonchev–Trinajstić information content (AvgIpc) is 2.82. The van der Waals surface area contributed by atoms with E-state index in [0.717, 1.165) is 40.1 Å². The van der Waals surface area contributed by atoms with Gasteiger partial charge < -0.3 is 10.4 Å². The van der Waals surface area contributed by atoms with Crippen LogP contribution < -0.4 is 5.32 Å². The van der Waals surface area contributed by atoms with Crippen LogP contribution in [0.2, 0.25) is 10.0 Å². The van der Waals surface area contributed by atoms with Gasteiger partial charge in [0.2, 0.25) is 5.95 Å². The van der Waals surface area contributed by atoms with Gasteiger partial charge in [0.25, 0.3) is 0 Å². The molecule has 0 spiro atoms. The number of anilines is 2. The van der Waals surface area contributed by atoms with Crippen molar-refractivity contribution in [3.8, 4) is 11.3 Å². The number of nitrogens with one attached hydrogen (secondary N) is 1. The molecular weight excluding hydrogens is 441 g/mol. The summed E-state index contributed by atoms with van der Waals surface area (Å²) in [6.07, 6.45) is 3.35. The molecule has 0 fully saturated rings. The maximum Gasteiger partial charge on any atom is 0.227 e.